The predicted molar refractivity (Wildman–Crippen MR) is 63.2 cm³/mol. The first-order chi connectivity index (χ1) is 6.13. The molecule has 0 saturated carbocycles. The summed E-state index contributed by atoms with van der Waals surface area (Å²) in [5.74, 6) is 0. The Morgan fingerprint density at radius 3 is 2.23 bits per heavy atom. The van der Waals surface area contributed by atoms with Gasteiger partial charge in [0.15, 0.2) is 9.28 Å². The molecule has 1 aliphatic heterocycles. The van der Waals surface area contributed by atoms with Gasteiger partial charge in [-0.1, -0.05) is 27.7 Å². The Hall–Kier alpha value is 0.354. The highest BCUT2D eigenvalue weighted by Crippen LogP contribution is 2.15. The van der Waals surface area contributed by atoms with Crippen molar-refractivity contribution in [3.05, 3.63) is 0 Å². The third-order valence-corrected chi connectivity index (χ3v) is 11.1. The Morgan fingerprint density at radius 1 is 1.23 bits per heavy atom. The van der Waals surface area contributed by atoms with Crippen LogP contribution in [0.4, 0.5) is 0 Å². The molecule has 0 aromatic carbocycles. The number of hydrogen-bond acceptors (Lipinski definition) is 2. The molecule has 0 aliphatic carbocycles. The zero-order valence-electron chi connectivity index (χ0n) is 9.42. The fraction of sp³-hybridized carbons (Fsp3) is 1.00. The van der Waals surface area contributed by atoms with Crippen LogP contribution in [0.1, 0.15) is 34.1 Å². The van der Waals surface area contributed by atoms with Crippen molar-refractivity contribution in [2.75, 3.05) is 6.61 Å². The summed E-state index contributed by atoms with van der Waals surface area (Å²) in [4.78, 5) is 0. The van der Waals surface area contributed by atoms with Crippen LogP contribution >= 0.6 is 0 Å². The van der Waals surface area contributed by atoms with E-state index in [1.807, 2.05) is 0 Å². The summed E-state index contributed by atoms with van der Waals surface area (Å²) in [6.07, 6.45) is 1.32. The lowest BCUT2D eigenvalue weighted by Gasteiger charge is -2.38. The van der Waals surface area contributed by atoms with Crippen LogP contribution in [0, 0.1) is 0 Å². The normalized spacial score (nSPS) is 26.5. The van der Waals surface area contributed by atoms with E-state index in [4.69, 9.17) is 4.43 Å². The van der Waals surface area contributed by atoms with Crippen molar-refractivity contribution in [3.63, 3.8) is 0 Å². The lowest BCUT2D eigenvalue weighted by Crippen LogP contribution is -2.53. The van der Waals surface area contributed by atoms with Crippen molar-refractivity contribution in [1.82, 2.24) is 4.57 Å². The van der Waals surface area contributed by atoms with Crippen LogP contribution in [0.5, 0.6) is 0 Å². The highest BCUT2D eigenvalue weighted by atomic mass is 29.2. The van der Waals surface area contributed by atoms with Crippen molar-refractivity contribution in [2.24, 2.45) is 0 Å². The molecule has 1 rings (SSSR count). The quantitative estimate of drug-likeness (QED) is 0.649. The van der Waals surface area contributed by atoms with E-state index >= 15 is 0 Å². The highest BCUT2D eigenvalue weighted by molar-refractivity contribution is 7.08. The van der Waals surface area contributed by atoms with Gasteiger partial charge in [0.1, 0.15) is 8.48 Å². The molecule has 1 heterocycles. The van der Waals surface area contributed by atoms with E-state index in [2.05, 4.69) is 32.3 Å². The molecule has 4 heteroatoms. The molecule has 0 amide bonds. The fourth-order valence-electron chi connectivity index (χ4n) is 2.40. The molecule has 1 saturated heterocycles. The molecule has 13 heavy (non-hydrogen) atoms. The molecule has 0 spiro atoms. The zero-order valence-corrected chi connectivity index (χ0v) is 12.0. The summed E-state index contributed by atoms with van der Waals surface area (Å²) in [5.41, 5.74) is 0. The molecular weight excluding hydrogens is 194 g/mol. The second-order valence-corrected chi connectivity index (χ2v) is 11.6. The predicted octanol–water partition coefficient (Wildman–Crippen LogP) is 0.830. The van der Waals surface area contributed by atoms with Gasteiger partial charge in [-0.3, -0.25) is 0 Å². The summed E-state index contributed by atoms with van der Waals surface area (Å²) >= 11 is 0. The van der Waals surface area contributed by atoms with Crippen molar-refractivity contribution >= 4 is 17.8 Å². The second kappa shape index (κ2) is 5.29. The smallest absolute Gasteiger partial charge is 0.164 e. The van der Waals surface area contributed by atoms with E-state index in [0.717, 1.165) is 18.7 Å². The Labute approximate surface area is 86.1 Å². The van der Waals surface area contributed by atoms with Gasteiger partial charge in [-0.25, -0.2) is 0 Å². The van der Waals surface area contributed by atoms with E-state index < -0.39 is 8.48 Å². The zero-order chi connectivity index (χ0) is 9.84. The van der Waals surface area contributed by atoms with Crippen LogP contribution in [-0.4, -0.2) is 41.0 Å². The van der Waals surface area contributed by atoms with Gasteiger partial charge in [-0.15, -0.1) is 0 Å². The largest absolute Gasteiger partial charge is 0.426 e. The Kier molecular flexibility index (Phi) is 4.65. The van der Waals surface area contributed by atoms with Crippen molar-refractivity contribution in [2.45, 2.75) is 52.2 Å². The standard InChI is InChI=1S/C9H23NOSi2/c1-8(2)10(9(3)4)13-7-5-6-11-12-13/h8-9,13H,5-7,12H2,1-4H3. The molecule has 0 N–H and O–H groups in total. The number of rotatable bonds is 3. The van der Waals surface area contributed by atoms with E-state index in [9.17, 15) is 0 Å². The molecule has 0 aromatic rings. The maximum absolute atomic E-state index is 5.72. The van der Waals surface area contributed by atoms with Gasteiger partial charge in [0, 0.05) is 6.61 Å². The minimum Gasteiger partial charge on any atom is -0.426 e. The summed E-state index contributed by atoms with van der Waals surface area (Å²) in [6.45, 7) is 10.4. The van der Waals surface area contributed by atoms with Gasteiger partial charge in [-0.2, -0.15) is 0 Å². The average Bonchev–Trinajstić information content (AvgIpc) is 2.04. The van der Waals surface area contributed by atoms with Crippen LogP contribution in [0.3, 0.4) is 0 Å². The van der Waals surface area contributed by atoms with Crippen molar-refractivity contribution in [3.8, 4) is 0 Å². The van der Waals surface area contributed by atoms with Crippen LogP contribution < -0.4 is 0 Å². The third-order valence-electron chi connectivity index (χ3n) is 2.75. The maximum atomic E-state index is 5.72. The maximum Gasteiger partial charge on any atom is 0.164 e. The van der Waals surface area contributed by atoms with E-state index in [0.29, 0.717) is 0 Å². The Morgan fingerprint density at radius 2 is 1.85 bits per heavy atom. The van der Waals surface area contributed by atoms with Crippen LogP contribution in [0.2, 0.25) is 6.04 Å². The van der Waals surface area contributed by atoms with Gasteiger partial charge in [0.25, 0.3) is 0 Å². The first-order valence-electron chi connectivity index (χ1n) is 5.48. The lowest BCUT2D eigenvalue weighted by molar-refractivity contribution is 0.284. The van der Waals surface area contributed by atoms with Gasteiger partial charge in [-0.05, 0) is 24.5 Å². The van der Waals surface area contributed by atoms with Gasteiger partial charge >= 0.3 is 0 Å². The van der Waals surface area contributed by atoms with Crippen molar-refractivity contribution < 1.29 is 4.43 Å². The topological polar surface area (TPSA) is 12.5 Å². The minimum absolute atomic E-state index is 0.146. The molecule has 0 aromatic heterocycles. The van der Waals surface area contributed by atoms with Gasteiger partial charge in [0.2, 0.25) is 0 Å². The first-order valence-corrected chi connectivity index (χ1v) is 10.7. The van der Waals surface area contributed by atoms with Gasteiger partial charge < -0.3 is 8.99 Å². The highest BCUT2D eigenvalue weighted by Gasteiger charge is 2.27. The number of hydrogen-bond donors (Lipinski definition) is 0. The summed E-state index contributed by atoms with van der Waals surface area (Å²) in [5, 5.41) is 0. The second-order valence-electron chi connectivity index (χ2n) is 4.51. The first kappa shape index (κ1) is 11.4. The third kappa shape index (κ3) is 3.20. The molecule has 1 aliphatic rings. The molecule has 1 fully saturated rings. The molecule has 1 atom stereocenters. The van der Waals surface area contributed by atoms with Gasteiger partial charge in [0.05, 0.1) is 0 Å². The fourth-order valence-corrected chi connectivity index (χ4v) is 11.7. The average molecular weight is 217 g/mol. The van der Waals surface area contributed by atoms with E-state index in [1.165, 1.54) is 12.5 Å². The molecule has 1 unspecified atom stereocenters. The molecule has 0 radical (unpaired) electrons. The van der Waals surface area contributed by atoms with Crippen LogP contribution in [-0.2, 0) is 4.43 Å². The SMILES string of the molecule is CC(C)N(C(C)C)[SiH]1CCCO[SiH2]1. The van der Waals surface area contributed by atoms with Crippen LogP contribution in [0.15, 0.2) is 0 Å². The van der Waals surface area contributed by atoms with Crippen molar-refractivity contribution in [1.29, 1.82) is 0 Å². The molecule has 2 nitrogen and oxygen atoms in total. The number of nitrogens with zero attached hydrogens (tertiary/aromatic N) is 1. The summed E-state index contributed by atoms with van der Waals surface area (Å²) in [6, 6.07) is 2.96. The Bertz CT molecular complexity index is 139. The molecule has 0 bridgehead atoms. The summed E-state index contributed by atoms with van der Waals surface area (Å²) in [7, 11) is -0.753. The summed E-state index contributed by atoms with van der Waals surface area (Å²) < 4.78 is 8.49. The van der Waals surface area contributed by atoms with E-state index in [1.54, 1.807) is 0 Å². The minimum atomic E-state index is -0.607. The molecule has 78 valence electrons. The molecular formula is C9H23NOSi2. The monoisotopic (exact) mass is 217 g/mol. The van der Waals surface area contributed by atoms with Crippen LogP contribution in [0.25, 0.3) is 0 Å². The van der Waals surface area contributed by atoms with E-state index in [-0.39, 0.29) is 9.28 Å². The Balaban J connectivity index is 2.52. The lowest BCUT2D eigenvalue weighted by atomic mass is 10.3.